The molecule has 5 nitrogen and oxygen atoms in total. The number of hydrogen-bond acceptors (Lipinski definition) is 3. The smallest absolute Gasteiger partial charge is 0.0991 e. The lowest BCUT2D eigenvalue weighted by Crippen LogP contribution is -1.94. The Balaban J connectivity index is 1.05. The van der Waals surface area contributed by atoms with E-state index in [1.54, 1.807) is 0 Å². The maximum absolute atomic E-state index is 9.95. The standard InChI is InChI=1S/C63H37N5/c64-37-40-18-26-58-52(31-40)54-33-45(22-28-60(54)67(58)48-14-6-2-7-15-48)43-21-25-51-56(35-43)62(42-11-4-1-5-12-42)50-24-20-44(36-57(50)63(51)47-13-10-30-66-39-47)46-23-29-61-55(34-46)53-32-41(38-65)19-27-59(53)68(61)49-16-8-3-9-17-49/h1-36,39H. The second kappa shape index (κ2) is 15.6. The van der Waals surface area contributed by atoms with Crippen LogP contribution in [-0.4, -0.2) is 14.1 Å². The highest BCUT2D eigenvalue weighted by molar-refractivity contribution is 6.23. The average Bonchev–Trinajstić information content (AvgIpc) is 3.92. The van der Waals surface area contributed by atoms with Gasteiger partial charge in [0, 0.05) is 50.9 Å². The highest BCUT2D eigenvalue weighted by Crippen LogP contribution is 2.47. The van der Waals surface area contributed by atoms with Gasteiger partial charge in [-0.15, -0.1) is 0 Å². The van der Waals surface area contributed by atoms with Crippen molar-refractivity contribution in [1.82, 2.24) is 14.1 Å². The number of hydrogen-bond donors (Lipinski definition) is 0. The Morgan fingerprint density at radius 2 is 0.691 bits per heavy atom. The number of fused-ring (bicyclic) bond motifs is 8. The molecule has 10 aromatic carbocycles. The molecule has 0 saturated carbocycles. The minimum Gasteiger partial charge on any atom is -0.309 e. The topological polar surface area (TPSA) is 70.3 Å². The summed E-state index contributed by atoms with van der Waals surface area (Å²) >= 11 is 0. The van der Waals surface area contributed by atoms with Gasteiger partial charge in [0.1, 0.15) is 0 Å². The second-order valence-corrected chi connectivity index (χ2v) is 17.4. The molecule has 0 aliphatic rings. The van der Waals surface area contributed by atoms with Crippen LogP contribution in [0, 0.1) is 22.7 Å². The lowest BCUT2D eigenvalue weighted by molar-refractivity contribution is 1.18. The predicted octanol–water partition coefficient (Wildman–Crippen LogP) is 16.0. The van der Waals surface area contributed by atoms with Gasteiger partial charge in [0.25, 0.3) is 0 Å². The highest BCUT2D eigenvalue weighted by atomic mass is 15.0. The van der Waals surface area contributed by atoms with Crippen LogP contribution in [0.5, 0.6) is 0 Å². The number of rotatable bonds is 6. The summed E-state index contributed by atoms with van der Waals surface area (Å²) in [7, 11) is 0. The molecule has 0 bridgehead atoms. The van der Waals surface area contributed by atoms with Crippen molar-refractivity contribution in [3.05, 3.63) is 236 Å². The number of aromatic nitrogens is 3. The fourth-order valence-electron chi connectivity index (χ4n) is 10.6. The van der Waals surface area contributed by atoms with Gasteiger partial charge in [-0.05, 0) is 164 Å². The van der Waals surface area contributed by atoms with Gasteiger partial charge in [-0.1, -0.05) is 109 Å². The third-order valence-corrected chi connectivity index (χ3v) is 13.6. The first kappa shape index (κ1) is 38.9. The zero-order chi connectivity index (χ0) is 45.3. The molecule has 0 aliphatic carbocycles. The molecule has 0 amide bonds. The molecule has 0 unspecified atom stereocenters. The van der Waals surface area contributed by atoms with E-state index in [1.807, 2.05) is 54.9 Å². The van der Waals surface area contributed by atoms with Crippen molar-refractivity contribution in [2.75, 3.05) is 0 Å². The molecule has 0 radical (unpaired) electrons. The molecule has 0 spiro atoms. The van der Waals surface area contributed by atoms with Crippen molar-refractivity contribution in [3.8, 4) is 68.0 Å². The lowest BCUT2D eigenvalue weighted by atomic mass is 9.84. The summed E-state index contributed by atoms with van der Waals surface area (Å²) in [5, 5.41) is 28.8. The molecule has 314 valence electrons. The second-order valence-electron chi connectivity index (χ2n) is 17.4. The minimum absolute atomic E-state index is 0.635. The van der Waals surface area contributed by atoms with Crippen LogP contribution in [0.15, 0.2) is 225 Å². The first-order chi connectivity index (χ1) is 33.6. The summed E-state index contributed by atoms with van der Waals surface area (Å²) in [5.74, 6) is 0. The normalized spacial score (nSPS) is 11.5. The Morgan fingerprint density at radius 3 is 1.13 bits per heavy atom. The van der Waals surface area contributed by atoms with Gasteiger partial charge >= 0.3 is 0 Å². The third kappa shape index (κ3) is 6.12. The summed E-state index contributed by atoms with van der Waals surface area (Å²) in [6.45, 7) is 0. The fourth-order valence-corrected chi connectivity index (χ4v) is 10.6. The van der Waals surface area contributed by atoms with Crippen LogP contribution in [0.1, 0.15) is 11.1 Å². The molecule has 3 aromatic heterocycles. The van der Waals surface area contributed by atoms with Gasteiger partial charge in [0.05, 0.1) is 45.3 Å². The molecular weight excluding hydrogens is 827 g/mol. The highest BCUT2D eigenvalue weighted by Gasteiger charge is 2.21. The maximum Gasteiger partial charge on any atom is 0.0991 e. The van der Waals surface area contributed by atoms with E-state index < -0.39 is 0 Å². The van der Waals surface area contributed by atoms with E-state index in [0.717, 1.165) is 115 Å². The van der Waals surface area contributed by atoms with Crippen LogP contribution < -0.4 is 0 Å². The molecule has 3 heterocycles. The van der Waals surface area contributed by atoms with E-state index in [9.17, 15) is 10.5 Å². The van der Waals surface area contributed by atoms with Crippen LogP contribution in [-0.2, 0) is 0 Å². The minimum atomic E-state index is 0.635. The van der Waals surface area contributed by atoms with Gasteiger partial charge < -0.3 is 9.13 Å². The van der Waals surface area contributed by atoms with Crippen molar-refractivity contribution in [2.45, 2.75) is 0 Å². The Labute approximate surface area is 391 Å². The van der Waals surface area contributed by atoms with E-state index >= 15 is 0 Å². The Morgan fingerprint density at radius 1 is 0.309 bits per heavy atom. The zero-order valence-corrected chi connectivity index (χ0v) is 36.6. The third-order valence-electron chi connectivity index (χ3n) is 13.6. The van der Waals surface area contributed by atoms with Crippen molar-refractivity contribution >= 4 is 65.2 Å². The number of nitriles is 2. The first-order valence-electron chi connectivity index (χ1n) is 22.7. The molecule has 0 N–H and O–H groups in total. The zero-order valence-electron chi connectivity index (χ0n) is 36.6. The van der Waals surface area contributed by atoms with Crippen molar-refractivity contribution in [1.29, 1.82) is 10.5 Å². The monoisotopic (exact) mass is 863 g/mol. The van der Waals surface area contributed by atoms with Gasteiger partial charge in [-0.25, -0.2) is 0 Å². The summed E-state index contributed by atoms with van der Waals surface area (Å²) in [6.07, 6.45) is 3.80. The van der Waals surface area contributed by atoms with E-state index in [0.29, 0.717) is 11.1 Å². The average molecular weight is 864 g/mol. The van der Waals surface area contributed by atoms with Crippen molar-refractivity contribution < 1.29 is 0 Å². The molecule has 0 fully saturated rings. The predicted molar refractivity (Wildman–Crippen MR) is 279 cm³/mol. The molecule has 0 saturated heterocycles. The van der Waals surface area contributed by atoms with Crippen LogP contribution in [0.4, 0.5) is 0 Å². The molecule has 0 atom stereocenters. The number of para-hydroxylation sites is 2. The quantitative estimate of drug-likeness (QED) is 0.156. The fraction of sp³-hybridized carbons (Fsp3) is 0. The number of pyridine rings is 1. The van der Waals surface area contributed by atoms with Crippen LogP contribution in [0.2, 0.25) is 0 Å². The summed E-state index contributed by atoms with van der Waals surface area (Å²) < 4.78 is 4.57. The van der Waals surface area contributed by atoms with Crippen LogP contribution >= 0.6 is 0 Å². The van der Waals surface area contributed by atoms with Gasteiger partial charge in [-0.2, -0.15) is 10.5 Å². The molecular formula is C63H37N5. The molecule has 13 rings (SSSR count). The largest absolute Gasteiger partial charge is 0.309 e. The molecule has 13 aromatic rings. The van der Waals surface area contributed by atoms with Gasteiger partial charge in [0.2, 0.25) is 0 Å². The number of benzene rings is 10. The first-order valence-corrected chi connectivity index (χ1v) is 22.7. The Hall–Kier alpha value is -9.55. The Bertz CT molecular complexity index is 3970. The molecule has 68 heavy (non-hydrogen) atoms. The van der Waals surface area contributed by atoms with E-state index in [2.05, 4.69) is 196 Å². The molecule has 5 heteroatoms. The maximum atomic E-state index is 9.95. The van der Waals surface area contributed by atoms with E-state index in [1.165, 1.54) is 5.56 Å². The summed E-state index contributed by atoms with van der Waals surface area (Å²) in [5.41, 5.74) is 16.6. The van der Waals surface area contributed by atoms with Crippen molar-refractivity contribution in [2.24, 2.45) is 0 Å². The summed E-state index contributed by atoms with van der Waals surface area (Å²) in [4.78, 5) is 4.65. The lowest BCUT2D eigenvalue weighted by Gasteiger charge is -2.19. The van der Waals surface area contributed by atoms with Crippen molar-refractivity contribution in [3.63, 3.8) is 0 Å². The van der Waals surface area contributed by atoms with Gasteiger partial charge in [0.15, 0.2) is 0 Å². The molecule has 0 aliphatic heterocycles. The summed E-state index contributed by atoms with van der Waals surface area (Å²) in [6, 6.07) is 79.6. The van der Waals surface area contributed by atoms with E-state index in [4.69, 9.17) is 0 Å². The van der Waals surface area contributed by atoms with Crippen LogP contribution in [0.25, 0.3) is 121 Å². The number of nitrogens with zero attached hydrogens (tertiary/aromatic N) is 5. The van der Waals surface area contributed by atoms with E-state index in [-0.39, 0.29) is 0 Å². The van der Waals surface area contributed by atoms with Gasteiger partial charge in [-0.3, -0.25) is 4.98 Å². The SMILES string of the molecule is N#Cc1ccc2c(c1)c1cc(-c3ccc4c(-c5cccnc5)c5cc(-c6ccc7c(c6)c6cc(C#N)ccc6n7-c6ccccc6)ccc5c(-c5ccccc5)c4c3)ccc1n2-c1ccccc1. The Kier molecular flexibility index (Phi) is 8.90. The van der Waals surface area contributed by atoms with Crippen LogP contribution in [0.3, 0.4) is 0 Å².